The molecule has 0 radical (unpaired) electrons. The van der Waals surface area contributed by atoms with Crippen molar-refractivity contribution in [2.24, 2.45) is 0 Å². The van der Waals surface area contributed by atoms with Gasteiger partial charge in [0.2, 0.25) is 0 Å². The van der Waals surface area contributed by atoms with Crippen molar-refractivity contribution in [2.45, 2.75) is 25.8 Å². The van der Waals surface area contributed by atoms with Crippen LogP contribution < -0.4 is 10.4 Å². The third-order valence-corrected chi connectivity index (χ3v) is 1.91. The zero-order valence-corrected chi connectivity index (χ0v) is 8.36. The number of carboxylic acids is 1. The molecule has 0 bridgehead atoms. The summed E-state index contributed by atoms with van der Waals surface area (Å²) >= 11 is 0. The number of carbonyl (C=O) groups is 2. The van der Waals surface area contributed by atoms with E-state index in [1.54, 1.807) is 6.07 Å². The highest BCUT2D eigenvalue weighted by Gasteiger charge is 2.15. The Morgan fingerprint density at radius 2 is 2.33 bits per heavy atom. The molecule has 1 atom stereocenters. The Morgan fingerprint density at radius 3 is 2.80 bits per heavy atom. The van der Waals surface area contributed by atoms with Gasteiger partial charge in [-0.3, -0.25) is 4.79 Å². The lowest BCUT2D eigenvalue weighted by Gasteiger charge is -2.17. The molecule has 15 heavy (non-hydrogen) atoms. The van der Waals surface area contributed by atoms with E-state index in [1.807, 2.05) is 6.92 Å². The molecule has 1 aromatic heterocycles. The first-order chi connectivity index (χ1) is 7.15. The Morgan fingerprint density at radius 1 is 1.60 bits per heavy atom. The molecule has 1 heterocycles. The summed E-state index contributed by atoms with van der Waals surface area (Å²) in [5, 5.41) is 13.0. The van der Waals surface area contributed by atoms with Crippen LogP contribution in [0.2, 0.25) is 0 Å². The van der Waals surface area contributed by atoms with Crippen molar-refractivity contribution in [3.05, 3.63) is 24.2 Å². The van der Waals surface area contributed by atoms with Crippen molar-refractivity contribution in [1.82, 2.24) is 5.32 Å². The van der Waals surface area contributed by atoms with Gasteiger partial charge in [0.1, 0.15) is 0 Å². The first-order valence-electron chi connectivity index (χ1n) is 4.70. The molecule has 0 aromatic carbocycles. The van der Waals surface area contributed by atoms with Gasteiger partial charge in [0.15, 0.2) is 5.76 Å². The molecule has 5 heteroatoms. The summed E-state index contributed by atoms with van der Waals surface area (Å²) in [6.07, 6.45) is 2.34. The van der Waals surface area contributed by atoms with Crippen molar-refractivity contribution in [2.75, 3.05) is 0 Å². The molecule has 1 amide bonds. The maximum Gasteiger partial charge on any atom is 0.287 e. The number of carbonyl (C=O) groups excluding carboxylic acids is 2. The van der Waals surface area contributed by atoms with E-state index in [4.69, 9.17) is 4.42 Å². The predicted molar refractivity (Wildman–Crippen MR) is 49.9 cm³/mol. The number of carboxylic acid groups (broad SMARTS) is 1. The Hall–Kier alpha value is -1.78. The van der Waals surface area contributed by atoms with Gasteiger partial charge in [-0.1, -0.05) is 13.3 Å². The van der Waals surface area contributed by atoms with Crippen LogP contribution >= 0.6 is 0 Å². The fourth-order valence-electron chi connectivity index (χ4n) is 1.17. The standard InChI is InChI=1S/C10H13NO4/c1-2-4-7(10(13)14)11-9(12)8-5-3-6-15-8/h3,5-7H,2,4H2,1H3,(H,11,12)(H,13,14)/p-1. The van der Waals surface area contributed by atoms with Gasteiger partial charge in [-0.25, -0.2) is 0 Å². The Balaban J connectivity index is 2.59. The highest BCUT2D eigenvalue weighted by molar-refractivity contribution is 5.93. The molecular formula is C10H12NO4-. The number of hydrogen-bond donors (Lipinski definition) is 1. The zero-order valence-electron chi connectivity index (χ0n) is 8.36. The maximum atomic E-state index is 11.4. The van der Waals surface area contributed by atoms with Crippen LogP contribution in [0.4, 0.5) is 0 Å². The largest absolute Gasteiger partial charge is 0.548 e. The van der Waals surface area contributed by atoms with Gasteiger partial charge >= 0.3 is 0 Å². The first kappa shape index (κ1) is 11.3. The summed E-state index contributed by atoms with van der Waals surface area (Å²) in [5.41, 5.74) is 0. The number of nitrogens with one attached hydrogen (secondary N) is 1. The summed E-state index contributed by atoms with van der Waals surface area (Å²) in [5.74, 6) is -1.73. The Bertz CT molecular complexity index is 331. The van der Waals surface area contributed by atoms with Crippen molar-refractivity contribution in [1.29, 1.82) is 0 Å². The Labute approximate surface area is 87.1 Å². The third kappa shape index (κ3) is 3.12. The summed E-state index contributed by atoms with van der Waals surface area (Å²) < 4.78 is 4.83. The van der Waals surface area contributed by atoms with Crippen LogP contribution in [0.25, 0.3) is 0 Å². The number of aliphatic carboxylic acids is 1. The highest BCUT2D eigenvalue weighted by atomic mass is 16.4. The number of rotatable bonds is 5. The minimum Gasteiger partial charge on any atom is -0.548 e. The molecule has 1 aromatic rings. The molecule has 1 rings (SSSR count). The van der Waals surface area contributed by atoms with Gasteiger partial charge in [-0.05, 0) is 18.6 Å². The molecule has 82 valence electrons. The molecule has 0 aliphatic rings. The van der Waals surface area contributed by atoms with Crippen LogP contribution in [0.15, 0.2) is 22.8 Å². The quantitative estimate of drug-likeness (QED) is 0.737. The average Bonchev–Trinajstić information content (AvgIpc) is 2.69. The number of furan rings is 1. The van der Waals surface area contributed by atoms with Gasteiger partial charge in [0.25, 0.3) is 5.91 Å². The van der Waals surface area contributed by atoms with Gasteiger partial charge in [0.05, 0.1) is 18.3 Å². The van der Waals surface area contributed by atoms with E-state index in [2.05, 4.69) is 5.32 Å². The normalized spacial score (nSPS) is 12.1. The molecule has 1 unspecified atom stereocenters. The molecule has 0 saturated carbocycles. The summed E-state index contributed by atoms with van der Waals surface area (Å²) in [7, 11) is 0. The van der Waals surface area contributed by atoms with Gasteiger partial charge in [-0.2, -0.15) is 0 Å². The highest BCUT2D eigenvalue weighted by Crippen LogP contribution is 2.02. The molecule has 5 nitrogen and oxygen atoms in total. The average molecular weight is 210 g/mol. The maximum absolute atomic E-state index is 11.4. The van der Waals surface area contributed by atoms with Gasteiger partial charge in [-0.15, -0.1) is 0 Å². The fourth-order valence-corrected chi connectivity index (χ4v) is 1.17. The van der Waals surface area contributed by atoms with E-state index in [0.717, 1.165) is 0 Å². The second kappa shape index (κ2) is 5.19. The van der Waals surface area contributed by atoms with Crippen molar-refractivity contribution in [3.8, 4) is 0 Å². The molecule has 0 spiro atoms. The summed E-state index contributed by atoms with van der Waals surface area (Å²) in [6, 6.07) is 2.06. The number of amides is 1. The smallest absolute Gasteiger partial charge is 0.287 e. The van der Waals surface area contributed by atoms with Crippen molar-refractivity contribution < 1.29 is 19.1 Å². The van der Waals surface area contributed by atoms with Crippen LogP contribution in [0, 0.1) is 0 Å². The summed E-state index contributed by atoms with van der Waals surface area (Å²) in [6.45, 7) is 1.83. The number of hydrogen-bond acceptors (Lipinski definition) is 4. The molecular weight excluding hydrogens is 198 g/mol. The lowest BCUT2D eigenvalue weighted by atomic mass is 10.1. The van der Waals surface area contributed by atoms with Crippen molar-refractivity contribution in [3.63, 3.8) is 0 Å². The molecule has 0 saturated heterocycles. The van der Waals surface area contributed by atoms with E-state index in [0.29, 0.717) is 12.8 Å². The Kier molecular flexibility index (Phi) is 3.91. The van der Waals surface area contributed by atoms with E-state index in [1.165, 1.54) is 12.3 Å². The van der Waals surface area contributed by atoms with Crippen LogP contribution in [0.1, 0.15) is 30.3 Å². The topological polar surface area (TPSA) is 82.4 Å². The van der Waals surface area contributed by atoms with E-state index >= 15 is 0 Å². The van der Waals surface area contributed by atoms with Gasteiger partial charge < -0.3 is 19.6 Å². The third-order valence-electron chi connectivity index (χ3n) is 1.91. The SMILES string of the molecule is CCCC(NC(=O)c1ccco1)C(=O)[O-]. The van der Waals surface area contributed by atoms with E-state index in [9.17, 15) is 14.7 Å². The van der Waals surface area contributed by atoms with Crippen LogP contribution in [0.3, 0.4) is 0 Å². The lowest BCUT2D eigenvalue weighted by Crippen LogP contribution is -2.47. The first-order valence-corrected chi connectivity index (χ1v) is 4.70. The lowest BCUT2D eigenvalue weighted by molar-refractivity contribution is -0.308. The molecule has 0 fully saturated rings. The van der Waals surface area contributed by atoms with E-state index in [-0.39, 0.29) is 5.76 Å². The minimum absolute atomic E-state index is 0.0948. The fraction of sp³-hybridized carbons (Fsp3) is 0.400. The van der Waals surface area contributed by atoms with Gasteiger partial charge in [0, 0.05) is 0 Å². The molecule has 0 aliphatic heterocycles. The van der Waals surface area contributed by atoms with Crippen LogP contribution in [-0.4, -0.2) is 17.9 Å². The van der Waals surface area contributed by atoms with Crippen molar-refractivity contribution >= 4 is 11.9 Å². The zero-order chi connectivity index (χ0) is 11.3. The second-order valence-corrected chi connectivity index (χ2v) is 3.11. The molecule has 0 aliphatic carbocycles. The van der Waals surface area contributed by atoms with Crippen LogP contribution in [0.5, 0.6) is 0 Å². The monoisotopic (exact) mass is 210 g/mol. The summed E-state index contributed by atoms with van der Waals surface area (Å²) in [4.78, 5) is 22.0. The second-order valence-electron chi connectivity index (χ2n) is 3.11. The van der Waals surface area contributed by atoms with Crippen LogP contribution in [-0.2, 0) is 4.79 Å². The minimum atomic E-state index is -1.28. The molecule has 1 N–H and O–H groups in total. The predicted octanol–water partition coefficient (Wildman–Crippen LogP) is -0.0720. The van der Waals surface area contributed by atoms with E-state index < -0.39 is 17.9 Å².